The van der Waals surface area contributed by atoms with Crippen molar-refractivity contribution in [1.29, 1.82) is 0 Å². The van der Waals surface area contributed by atoms with Crippen LogP contribution in [0.5, 0.6) is 0 Å². The van der Waals surface area contributed by atoms with Crippen LogP contribution in [0, 0.1) is 0 Å². The molecule has 3 aromatic heterocycles. The number of anilines is 1. The molecular weight excluding hydrogens is 439 g/mol. The van der Waals surface area contributed by atoms with E-state index in [1.165, 1.54) is 4.88 Å². The van der Waals surface area contributed by atoms with Crippen molar-refractivity contribution >= 4 is 48.8 Å². The Morgan fingerprint density at radius 3 is 2.79 bits per heavy atom. The Labute approximate surface area is 176 Å². The van der Waals surface area contributed by atoms with Crippen LogP contribution in [-0.2, 0) is 16.0 Å². The summed E-state index contributed by atoms with van der Waals surface area (Å²) >= 11 is 4.08. The molecule has 4 heterocycles. The van der Waals surface area contributed by atoms with Crippen molar-refractivity contribution in [2.24, 2.45) is 0 Å². The predicted octanol–water partition coefficient (Wildman–Crippen LogP) is 0.515. The van der Waals surface area contributed by atoms with Gasteiger partial charge in [0.1, 0.15) is 0 Å². The van der Waals surface area contributed by atoms with E-state index >= 15 is 0 Å². The Kier molecular flexibility index (Phi) is 6.49. The van der Waals surface area contributed by atoms with Crippen LogP contribution in [-0.4, -0.2) is 83.4 Å². The van der Waals surface area contributed by atoms with E-state index in [9.17, 15) is 0 Å². The van der Waals surface area contributed by atoms with Crippen molar-refractivity contribution in [3.05, 3.63) is 23.3 Å². The number of methoxy groups -OCH3 is 1. The Morgan fingerprint density at radius 1 is 1.25 bits per heavy atom. The Bertz CT molecular complexity index is 930. The number of hydrogen-bond acceptors (Lipinski definition) is 9. The summed E-state index contributed by atoms with van der Waals surface area (Å²) in [6.07, 6.45) is 3.54. The number of nitrogens with one attached hydrogen (secondary N) is 1. The van der Waals surface area contributed by atoms with E-state index in [1.54, 1.807) is 30.8 Å². The summed E-state index contributed by atoms with van der Waals surface area (Å²) in [6.45, 7) is 5.37. The van der Waals surface area contributed by atoms with E-state index in [0.717, 1.165) is 47.8 Å². The fraction of sp³-hybridized carbons (Fsp3) is 0.444. The number of morpholine rings is 1. The molecule has 2 radical (unpaired) electrons. The first-order valence-corrected chi connectivity index (χ1v) is 10.8. The average molecular weight is 460 g/mol. The van der Waals surface area contributed by atoms with Crippen LogP contribution in [0.15, 0.2) is 18.5 Å². The van der Waals surface area contributed by atoms with Gasteiger partial charge in [0.15, 0.2) is 0 Å². The number of nitrogens with zero attached hydrogens (tertiary/aromatic N) is 5. The average Bonchev–Trinajstić information content (AvgIpc) is 3.14. The second-order valence-electron chi connectivity index (χ2n) is 6.34. The molecule has 28 heavy (non-hydrogen) atoms. The minimum absolute atomic E-state index is 0.651. The zero-order chi connectivity index (χ0) is 19.3. The SMILES string of the molecule is COCCNCc1cc2nc(-c3cnc([As])nc3)nc(N3CCOCC3)c2s1. The molecule has 1 N–H and O–H groups in total. The molecule has 0 aromatic carbocycles. The van der Waals surface area contributed by atoms with Crippen LogP contribution in [0.1, 0.15) is 4.88 Å². The maximum atomic E-state index is 5.52. The van der Waals surface area contributed by atoms with Gasteiger partial charge in [-0.1, -0.05) is 0 Å². The van der Waals surface area contributed by atoms with Gasteiger partial charge in [0.2, 0.25) is 0 Å². The van der Waals surface area contributed by atoms with E-state index in [4.69, 9.17) is 19.4 Å². The van der Waals surface area contributed by atoms with Crippen LogP contribution in [0.2, 0.25) is 0 Å². The Hall–Kier alpha value is -1.64. The van der Waals surface area contributed by atoms with Crippen LogP contribution in [0.3, 0.4) is 0 Å². The molecule has 3 aromatic rings. The van der Waals surface area contributed by atoms with E-state index in [0.29, 0.717) is 30.3 Å². The molecule has 8 nitrogen and oxygen atoms in total. The van der Waals surface area contributed by atoms with Gasteiger partial charge in [0.05, 0.1) is 6.61 Å². The van der Waals surface area contributed by atoms with Gasteiger partial charge in [-0.2, -0.15) is 0 Å². The minimum atomic E-state index is 0.651. The number of fused-ring (bicyclic) bond motifs is 1. The third kappa shape index (κ3) is 4.50. The van der Waals surface area contributed by atoms with Crippen molar-refractivity contribution in [1.82, 2.24) is 25.3 Å². The Balaban J connectivity index is 1.71. The van der Waals surface area contributed by atoms with Gasteiger partial charge in [-0.25, -0.2) is 0 Å². The van der Waals surface area contributed by atoms with Crippen LogP contribution in [0.4, 0.5) is 5.82 Å². The van der Waals surface area contributed by atoms with Gasteiger partial charge in [-0.05, 0) is 0 Å². The summed E-state index contributed by atoms with van der Waals surface area (Å²) in [5.41, 5.74) is 1.77. The zero-order valence-corrected chi connectivity index (χ0v) is 18.3. The second kappa shape index (κ2) is 9.24. The summed E-state index contributed by atoms with van der Waals surface area (Å²) in [7, 11) is 1.71. The van der Waals surface area contributed by atoms with Crippen molar-refractivity contribution < 1.29 is 9.47 Å². The van der Waals surface area contributed by atoms with Gasteiger partial charge in [-0.3, -0.25) is 0 Å². The number of rotatable bonds is 7. The van der Waals surface area contributed by atoms with E-state index in [1.807, 2.05) is 0 Å². The van der Waals surface area contributed by atoms with Gasteiger partial charge in [-0.15, -0.1) is 0 Å². The van der Waals surface area contributed by atoms with E-state index in [-0.39, 0.29) is 0 Å². The quantitative estimate of drug-likeness (QED) is 0.404. The number of aromatic nitrogens is 4. The summed E-state index contributed by atoms with van der Waals surface area (Å²) in [5.74, 6) is 1.62. The fourth-order valence-electron chi connectivity index (χ4n) is 2.99. The molecule has 0 atom stereocenters. The molecular formula is C18H21AsN6O2S. The van der Waals surface area contributed by atoms with Gasteiger partial charge in [0, 0.05) is 7.11 Å². The standard InChI is InChI=1S/C18H21AsN6O2S/c1-26-5-2-20-11-13-8-14-15(28-13)17(25-3-6-27-7-4-25)24-16(23-14)12-9-21-18(19)22-10-12/h8-10,20H,2-7,11H2,1H3. The fourth-order valence-corrected chi connectivity index (χ4v) is 4.32. The second-order valence-corrected chi connectivity index (χ2v) is 8.31. The molecule has 10 heteroatoms. The van der Waals surface area contributed by atoms with Gasteiger partial charge < -0.3 is 4.74 Å². The third-order valence-electron chi connectivity index (χ3n) is 4.39. The molecule has 0 unspecified atom stereocenters. The summed E-state index contributed by atoms with van der Waals surface area (Å²) in [5, 5.41) is 3.40. The maximum absolute atomic E-state index is 5.52. The molecule has 0 bridgehead atoms. The Morgan fingerprint density at radius 2 is 2.04 bits per heavy atom. The van der Waals surface area contributed by atoms with Crippen molar-refractivity contribution in [2.45, 2.75) is 6.54 Å². The third-order valence-corrected chi connectivity index (χ3v) is 6.00. The summed E-state index contributed by atoms with van der Waals surface area (Å²) in [4.78, 5) is 21.7. The first-order valence-electron chi connectivity index (χ1n) is 9.09. The normalized spacial score (nSPS) is 14.7. The van der Waals surface area contributed by atoms with Gasteiger partial charge >= 0.3 is 158 Å². The molecule has 1 aliphatic heterocycles. The molecule has 0 saturated carbocycles. The molecule has 0 spiro atoms. The molecule has 1 fully saturated rings. The van der Waals surface area contributed by atoms with E-state index in [2.05, 4.69) is 43.1 Å². The number of hydrogen-bond donors (Lipinski definition) is 1. The molecule has 0 aliphatic carbocycles. The molecule has 4 rings (SSSR count). The summed E-state index contributed by atoms with van der Waals surface area (Å²) < 4.78 is 12.4. The molecule has 146 valence electrons. The van der Waals surface area contributed by atoms with Crippen LogP contribution in [0.25, 0.3) is 21.6 Å². The van der Waals surface area contributed by atoms with Crippen molar-refractivity contribution in [3.63, 3.8) is 0 Å². The predicted molar refractivity (Wildman–Crippen MR) is 110 cm³/mol. The van der Waals surface area contributed by atoms with Crippen LogP contribution < -0.4 is 14.8 Å². The zero-order valence-electron chi connectivity index (χ0n) is 15.6. The number of ether oxygens (including phenoxy) is 2. The molecule has 1 saturated heterocycles. The first-order chi connectivity index (χ1) is 13.7. The monoisotopic (exact) mass is 460 g/mol. The van der Waals surface area contributed by atoms with Crippen LogP contribution >= 0.6 is 11.3 Å². The summed E-state index contributed by atoms with van der Waals surface area (Å²) in [6, 6.07) is 2.14. The topological polar surface area (TPSA) is 85.3 Å². The number of thiophene rings is 1. The molecule has 1 aliphatic rings. The molecule has 0 amide bonds. The van der Waals surface area contributed by atoms with Gasteiger partial charge in [0.25, 0.3) is 0 Å². The van der Waals surface area contributed by atoms with Crippen molar-refractivity contribution in [2.75, 3.05) is 51.5 Å². The van der Waals surface area contributed by atoms with Crippen molar-refractivity contribution in [3.8, 4) is 11.4 Å². The first kappa shape index (κ1) is 19.7. The van der Waals surface area contributed by atoms with E-state index < -0.39 is 0 Å².